The maximum absolute atomic E-state index is 11.8. The fourth-order valence-corrected chi connectivity index (χ4v) is 2.27. The maximum atomic E-state index is 11.8. The van der Waals surface area contributed by atoms with E-state index in [1.807, 2.05) is 19.1 Å². The highest BCUT2D eigenvalue weighted by atomic mass is 16.5. The van der Waals surface area contributed by atoms with Gasteiger partial charge in [-0.15, -0.1) is 0 Å². The van der Waals surface area contributed by atoms with Gasteiger partial charge in [-0.1, -0.05) is 6.07 Å². The minimum atomic E-state index is -0.209. The summed E-state index contributed by atoms with van der Waals surface area (Å²) < 4.78 is 10.7. The van der Waals surface area contributed by atoms with Crippen molar-refractivity contribution in [2.45, 2.75) is 38.5 Å². The number of carbonyl (C=O) groups excluding carboxylic acids is 1. The van der Waals surface area contributed by atoms with E-state index in [-0.39, 0.29) is 18.2 Å². The zero-order valence-electron chi connectivity index (χ0n) is 11.9. The van der Waals surface area contributed by atoms with Crippen LogP contribution in [0.1, 0.15) is 25.3 Å². The molecule has 110 valence electrons. The number of hydrogen-bond acceptors (Lipinski definition) is 4. The summed E-state index contributed by atoms with van der Waals surface area (Å²) in [6.45, 7) is 3.12. The molecule has 2 heterocycles. The maximum Gasteiger partial charge on any atom is 0.315 e. The van der Waals surface area contributed by atoms with E-state index in [1.165, 1.54) is 0 Å². The molecule has 20 heavy (non-hydrogen) atoms. The Bertz CT molecular complexity index is 447. The lowest BCUT2D eigenvalue weighted by Crippen LogP contribution is -2.45. The van der Waals surface area contributed by atoms with Crippen LogP contribution in [0.4, 0.5) is 4.79 Å². The Balaban J connectivity index is 1.79. The number of amides is 2. The largest absolute Gasteiger partial charge is 0.481 e. The van der Waals surface area contributed by atoms with Crippen LogP contribution in [0.3, 0.4) is 0 Å². The first-order valence-electron chi connectivity index (χ1n) is 6.84. The van der Waals surface area contributed by atoms with E-state index in [2.05, 4.69) is 15.6 Å². The molecule has 0 unspecified atom stereocenters. The molecule has 6 heteroatoms. The molecule has 0 aromatic carbocycles. The van der Waals surface area contributed by atoms with E-state index >= 15 is 0 Å². The minimum Gasteiger partial charge on any atom is -0.481 e. The van der Waals surface area contributed by atoms with Gasteiger partial charge in [-0.2, -0.15) is 0 Å². The van der Waals surface area contributed by atoms with Crippen molar-refractivity contribution < 1.29 is 14.3 Å². The fourth-order valence-electron chi connectivity index (χ4n) is 2.27. The highest BCUT2D eigenvalue weighted by Gasteiger charge is 2.23. The molecule has 0 spiro atoms. The van der Waals surface area contributed by atoms with Crippen molar-refractivity contribution in [2.75, 3.05) is 13.7 Å². The van der Waals surface area contributed by atoms with Gasteiger partial charge in [-0.25, -0.2) is 9.78 Å². The Morgan fingerprint density at radius 1 is 1.65 bits per heavy atom. The zero-order chi connectivity index (χ0) is 14.4. The highest BCUT2D eigenvalue weighted by Crippen LogP contribution is 2.15. The van der Waals surface area contributed by atoms with Gasteiger partial charge in [0, 0.05) is 24.9 Å². The predicted octanol–water partition coefficient (Wildman–Crippen LogP) is 1.46. The first-order valence-corrected chi connectivity index (χ1v) is 6.84. The molecule has 0 bridgehead atoms. The van der Waals surface area contributed by atoms with Crippen LogP contribution < -0.4 is 15.4 Å². The molecule has 0 radical (unpaired) electrons. The summed E-state index contributed by atoms with van der Waals surface area (Å²) in [5.74, 6) is 0.528. The molecule has 6 nitrogen and oxygen atoms in total. The molecule has 2 N–H and O–H groups in total. The Hall–Kier alpha value is -1.82. The molecule has 2 rings (SSSR count). The number of nitrogens with one attached hydrogen (secondary N) is 2. The van der Waals surface area contributed by atoms with Crippen LogP contribution in [-0.4, -0.2) is 36.9 Å². The van der Waals surface area contributed by atoms with Crippen LogP contribution in [0.5, 0.6) is 5.88 Å². The summed E-state index contributed by atoms with van der Waals surface area (Å²) in [5.41, 5.74) is 0.843. The molecule has 1 aliphatic rings. The van der Waals surface area contributed by atoms with Gasteiger partial charge in [0.15, 0.2) is 0 Å². The number of carbonyl (C=O) groups is 1. The van der Waals surface area contributed by atoms with Crippen LogP contribution in [0, 0.1) is 0 Å². The van der Waals surface area contributed by atoms with E-state index in [0.717, 1.165) is 25.0 Å². The van der Waals surface area contributed by atoms with Crippen LogP contribution in [0.15, 0.2) is 18.3 Å². The molecule has 1 aliphatic heterocycles. The average molecular weight is 279 g/mol. The summed E-state index contributed by atoms with van der Waals surface area (Å²) >= 11 is 0. The number of pyridine rings is 1. The van der Waals surface area contributed by atoms with E-state index in [4.69, 9.17) is 9.47 Å². The van der Waals surface area contributed by atoms with Crippen LogP contribution in [0.2, 0.25) is 0 Å². The first-order chi connectivity index (χ1) is 9.70. The van der Waals surface area contributed by atoms with Crippen molar-refractivity contribution in [3.8, 4) is 5.88 Å². The van der Waals surface area contributed by atoms with Gasteiger partial charge < -0.3 is 20.1 Å². The van der Waals surface area contributed by atoms with Crippen LogP contribution >= 0.6 is 0 Å². The molecular weight excluding hydrogens is 258 g/mol. The van der Waals surface area contributed by atoms with Crippen molar-refractivity contribution in [3.05, 3.63) is 23.9 Å². The van der Waals surface area contributed by atoms with E-state index in [9.17, 15) is 4.79 Å². The van der Waals surface area contributed by atoms with Gasteiger partial charge >= 0.3 is 6.03 Å². The van der Waals surface area contributed by atoms with E-state index < -0.39 is 0 Å². The summed E-state index contributed by atoms with van der Waals surface area (Å²) in [4.78, 5) is 15.9. The molecule has 0 aliphatic carbocycles. The summed E-state index contributed by atoms with van der Waals surface area (Å²) in [6, 6.07) is 3.48. The Labute approximate surface area is 118 Å². The average Bonchev–Trinajstić information content (AvgIpc) is 2.99. The lowest BCUT2D eigenvalue weighted by atomic mass is 10.1. The summed E-state index contributed by atoms with van der Waals surface area (Å²) in [5, 5.41) is 5.70. The van der Waals surface area contributed by atoms with Crippen LogP contribution in [-0.2, 0) is 11.3 Å². The number of ether oxygens (including phenoxy) is 2. The van der Waals surface area contributed by atoms with E-state index in [1.54, 1.807) is 13.3 Å². The van der Waals surface area contributed by atoms with Gasteiger partial charge in [-0.05, 0) is 25.8 Å². The van der Waals surface area contributed by atoms with Crippen molar-refractivity contribution in [1.82, 2.24) is 15.6 Å². The molecule has 2 amide bonds. The molecule has 2 atom stereocenters. The third kappa shape index (κ3) is 3.84. The Kier molecular flexibility index (Phi) is 5.17. The normalized spacial score (nSPS) is 19.4. The second-order valence-electron chi connectivity index (χ2n) is 4.84. The van der Waals surface area contributed by atoms with Gasteiger partial charge in [0.2, 0.25) is 5.88 Å². The summed E-state index contributed by atoms with van der Waals surface area (Å²) in [7, 11) is 1.56. The molecule has 1 fully saturated rings. The number of rotatable bonds is 5. The standard InChI is InChI=1S/C14H21N3O3/c1-10(12-6-4-8-20-12)17-14(18)16-9-11-5-3-7-15-13(11)19-2/h3,5,7,10,12H,4,6,8-9H2,1-2H3,(H2,16,17,18)/t10-,12-/m0/s1. The Morgan fingerprint density at radius 3 is 3.20 bits per heavy atom. The molecule has 0 saturated carbocycles. The van der Waals surface area contributed by atoms with Gasteiger partial charge in [0.1, 0.15) is 0 Å². The quantitative estimate of drug-likeness (QED) is 0.856. The summed E-state index contributed by atoms with van der Waals surface area (Å²) in [6.07, 6.45) is 3.83. The lowest BCUT2D eigenvalue weighted by Gasteiger charge is -2.20. The first kappa shape index (κ1) is 14.6. The zero-order valence-corrected chi connectivity index (χ0v) is 11.9. The SMILES string of the molecule is COc1ncccc1CNC(=O)N[C@@H](C)[C@@H]1CCCO1. The monoisotopic (exact) mass is 279 g/mol. The number of hydrogen-bond donors (Lipinski definition) is 2. The molecule has 1 aromatic rings. The van der Waals surface area contributed by atoms with Crippen molar-refractivity contribution in [3.63, 3.8) is 0 Å². The van der Waals surface area contributed by atoms with Gasteiger partial charge in [0.25, 0.3) is 0 Å². The third-order valence-corrected chi connectivity index (χ3v) is 3.36. The van der Waals surface area contributed by atoms with Crippen molar-refractivity contribution >= 4 is 6.03 Å². The second kappa shape index (κ2) is 7.09. The lowest BCUT2D eigenvalue weighted by molar-refractivity contribution is 0.0860. The van der Waals surface area contributed by atoms with Crippen molar-refractivity contribution in [2.24, 2.45) is 0 Å². The van der Waals surface area contributed by atoms with Gasteiger partial charge in [0.05, 0.1) is 19.3 Å². The third-order valence-electron chi connectivity index (χ3n) is 3.36. The number of nitrogens with zero attached hydrogens (tertiary/aromatic N) is 1. The topological polar surface area (TPSA) is 72.5 Å². The molecule has 1 aromatic heterocycles. The van der Waals surface area contributed by atoms with E-state index in [0.29, 0.717) is 12.4 Å². The fraction of sp³-hybridized carbons (Fsp3) is 0.571. The predicted molar refractivity (Wildman–Crippen MR) is 74.6 cm³/mol. The highest BCUT2D eigenvalue weighted by molar-refractivity contribution is 5.74. The minimum absolute atomic E-state index is 0.00768. The number of urea groups is 1. The Morgan fingerprint density at radius 2 is 2.50 bits per heavy atom. The van der Waals surface area contributed by atoms with Crippen LogP contribution in [0.25, 0.3) is 0 Å². The molecule has 1 saturated heterocycles. The number of methoxy groups -OCH3 is 1. The smallest absolute Gasteiger partial charge is 0.315 e. The number of aromatic nitrogens is 1. The molecular formula is C14H21N3O3. The second-order valence-corrected chi connectivity index (χ2v) is 4.84. The van der Waals surface area contributed by atoms with Gasteiger partial charge in [-0.3, -0.25) is 0 Å². The van der Waals surface area contributed by atoms with Crippen molar-refractivity contribution in [1.29, 1.82) is 0 Å².